The molecule has 1 N–H and O–H groups in total. The van der Waals surface area contributed by atoms with Crippen LogP contribution in [-0.2, 0) is 10.3 Å². The van der Waals surface area contributed by atoms with Gasteiger partial charge in [-0.05, 0) is 49.9 Å². The molecular formula is C27H25ClN8O2. The Bertz CT molecular complexity index is 1570. The van der Waals surface area contributed by atoms with E-state index in [4.69, 9.17) is 11.6 Å². The number of anilines is 1. The van der Waals surface area contributed by atoms with Gasteiger partial charge in [0.2, 0.25) is 11.9 Å². The van der Waals surface area contributed by atoms with Gasteiger partial charge in [-0.3, -0.25) is 19.6 Å². The average Bonchev–Trinajstić information content (AvgIpc) is 3.51. The normalized spacial score (nSPS) is 16.8. The maximum absolute atomic E-state index is 13.1. The molecule has 0 radical (unpaired) electrons. The lowest BCUT2D eigenvalue weighted by Crippen LogP contribution is -2.48. The van der Waals surface area contributed by atoms with Gasteiger partial charge in [0, 0.05) is 30.8 Å². The van der Waals surface area contributed by atoms with Crippen molar-refractivity contribution in [2.45, 2.75) is 37.6 Å². The summed E-state index contributed by atoms with van der Waals surface area (Å²) in [6.45, 7) is 0.979. The molecule has 0 spiro atoms. The molecule has 0 atom stereocenters. The van der Waals surface area contributed by atoms with Crippen molar-refractivity contribution >= 4 is 35.0 Å². The van der Waals surface area contributed by atoms with Crippen molar-refractivity contribution in [2.75, 3.05) is 18.4 Å². The minimum Gasteiger partial charge on any atom is -0.338 e. The summed E-state index contributed by atoms with van der Waals surface area (Å²) in [5, 5.41) is 22.1. The number of carbonyl (C=O) groups is 2. The summed E-state index contributed by atoms with van der Waals surface area (Å²) < 4.78 is 3.54. The lowest BCUT2D eigenvalue weighted by Gasteiger charge is -2.40. The van der Waals surface area contributed by atoms with E-state index in [1.165, 1.54) is 0 Å². The van der Waals surface area contributed by atoms with E-state index in [9.17, 15) is 14.9 Å². The Morgan fingerprint density at radius 3 is 2.66 bits per heavy atom. The maximum atomic E-state index is 13.1. The van der Waals surface area contributed by atoms with Crippen molar-refractivity contribution in [3.63, 3.8) is 0 Å². The number of benzene rings is 1. The molecule has 1 saturated heterocycles. The molecule has 0 bridgehead atoms. The van der Waals surface area contributed by atoms with E-state index in [1.807, 2.05) is 29.1 Å². The van der Waals surface area contributed by atoms with Crippen LogP contribution in [0.25, 0.3) is 16.9 Å². The summed E-state index contributed by atoms with van der Waals surface area (Å²) >= 11 is 6.25. The van der Waals surface area contributed by atoms with Gasteiger partial charge in [0.05, 0.1) is 40.5 Å². The Morgan fingerprint density at radius 1 is 1.13 bits per heavy atom. The van der Waals surface area contributed by atoms with Gasteiger partial charge < -0.3 is 4.90 Å². The molecule has 2 fully saturated rings. The number of halogens is 1. The van der Waals surface area contributed by atoms with Crippen LogP contribution in [0.1, 0.15) is 42.5 Å². The fourth-order valence-corrected chi connectivity index (χ4v) is 5.23. The summed E-state index contributed by atoms with van der Waals surface area (Å²) in [7, 11) is 0. The number of likely N-dealkylation sites (tertiary alicyclic amines) is 1. The van der Waals surface area contributed by atoms with Crippen LogP contribution in [0, 0.1) is 17.2 Å². The summed E-state index contributed by atoms with van der Waals surface area (Å²) in [6, 6.07) is 15.0. The number of aromatic nitrogens is 5. The van der Waals surface area contributed by atoms with Gasteiger partial charge in [0.15, 0.2) is 5.65 Å². The topological polar surface area (TPSA) is 121 Å². The highest BCUT2D eigenvalue weighted by Gasteiger charge is 2.39. The van der Waals surface area contributed by atoms with Crippen molar-refractivity contribution < 1.29 is 9.59 Å². The van der Waals surface area contributed by atoms with E-state index < -0.39 is 5.54 Å². The first-order valence-corrected chi connectivity index (χ1v) is 13.0. The number of piperidine rings is 1. The largest absolute Gasteiger partial charge is 0.338 e. The third-order valence-electron chi connectivity index (χ3n) is 7.40. The van der Waals surface area contributed by atoms with Crippen LogP contribution < -0.4 is 5.32 Å². The number of hydrogen-bond donors (Lipinski definition) is 1. The first kappa shape index (κ1) is 24.1. The Labute approximate surface area is 223 Å². The molecule has 1 aliphatic carbocycles. The van der Waals surface area contributed by atoms with E-state index in [1.54, 1.807) is 39.9 Å². The second-order valence-corrected chi connectivity index (χ2v) is 10.3. The molecule has 4 aromatic rings. The summed E-state index contributed by atoms with van der Waals surface area (Å²) in [4.78, 5) is 31.5. The molecule has 6 rings (SSSR count). The van der Waals surface area contributed by atoms with Gasteiger partial charge in [0.25, 0.3) is 5.91 Å². The molecule has 2 aliphatic rings. The third kappa shape index (κ3) is 4.39. The molecule has 1 saturated carbocycles. The lowest BCUT2D eigenvalue weighted by atomic mass is 9.84. The number of nitrogens with one attached hydrogen (secondary N) is 1. The Hall–Kier alpha value is -4.23. The van der Waals surface area contributed by atoms with Crippen molar-refractivity contribution in [2.24, 2.45) is 5.92 Å². The zero-order valence-electron chi connectivity index (χ0n) is 20.5. The Kier molecular flexibility index (Phi) is 6.08. The molecule has 0 unspecified atom stereocenters. The molecule has 11 heteroatoms. The van der Waals surface area contributed by atoms with E-state index in [2.05, 4.69) is 26.6 Å². The van der Waals surface area contributed by atoms with Crippen molar-refractivity contribution in [3.05, 3.63) is 65.4 Å². The third-order valence-corrected chi connectivity index (χ3v) is 7.73. The predicted molar refractivity (Wildman–Crippen MR) is 140 cm³/mol. The van der Waals surface area contributed by atoms with Crippen LogP contribution in [0.4, 0.5) is 5.95 Å². The van der Waals surface area contributed by atoms with E-state index in [0.29, 0.717) is 42.2 Å². The molecule has 1 aromatic carbocycles. The fourth-order valence-electron chi connectivity index (χ4n) is 5.01. The average molecular weight is 529 g/mol. The highest BCUT2D eigenvalue weighted by atomic mass is 35.5. The summed E-state index contributed by atoms with van der Waals surface area (Å²) in [5.74, 6) is 0.179. The summed E-state index contributed by atoms with van der Waals surface area (Å²) in [6.07, 6.45) is 6.92. The quantitative estimate of drug-likeness (QED) is 0.401. The maximum Gasteiger partial charge on any atom is 0.255 e. The van der Waals surface area contributed by atoms with E-state index in [0.717, 1.165) is 24.1 Å². The number of carbonyl (C=O) groups excluding carboxylic acids is 2. The molecule has 1 aliphatic heterocycles. The predicted octanol–water partition coefficient (Wildman–Crippen LogP) is 4.14. The number of nitrogens with zero attached hydrogens (tertiary/aromatic N) is 7. The van der Waals surface area contributed by atoms with Crippen LogP contribution in [0.5, 0.6) is 0 Å². The zero-order chi connectivity index (χ0) is 26.3. The lowest BCUT2D eigenvalue weighted by molar-refractivity contribution is -0.117. The van der Waals surface area contributed by atoms with Gasteiger partial charge in [-0.25, -0.2) is 4.52 Å². The van der Waals surface area contributed by atoms with Crippen LogP contribution in [-0.4, -0.2) is 54.2 Å². The van der Waals surface area contributed by atoms with Crippen LogP contribution in [0.15, 0.2) is 54.9 Å². The Morgan fingerprint density at radius 2 is 1.92 bits per heavy atom. The van der Waals surface area contributed by atoms with E-state index >= 15 is 0 Å². The monoisotopic (exact) mass is 528 g/mol. The van der Waals surface area contributed by atoms with Gasteiger partial charge in [-0.15, -0.1) is 5.10 Å². The van der Waals surface area contributed by atoms with Crippen LogP contribution >= 0.6 is 11.6 Å². The second kappa shape index (κ2) is 9.58. The highest BCUT2D eigenvalue weighted by Crippen LogP contribution is 2.35. The van der Waals surface area contributed by atoms with Gasteiger partial charge in [-0.2, -0.15) is 15.3 Å². The zero-order valence-corrected chi connectivity index (χ0v) is 21.3. The standard InChI is InChI=1S/C27H25ClN8O2/c28-21-5-2-1-4-20(21)25(38)34-14-11-27(10-13-29,12-15-34)35-17-19(16-30-35)22-6-3-7-23-31-26(33-36(22)23)32-24(37)18-8-9-18/h1-7,16-18H,8-12,14-15H2,(H,32,33,37). The number of fused-ring (bicyclic) bond motifs is 1. The smallest absolute Gasteiger partial charge is 0.255 e. The fraction of sp³-hybridized carbons (Fsp3) is 0.333. The Balaban J connectivity index is 1.24. The molecular weight excluding hydrogens is 504 g/mol. The summed E-state index contributed by atoms with van der Waals surface area (Å²) in [5.41, 5.74) is 2.14. The van der Waals surface area contributed by atoms with Crippen LogP contribution in [0.2, 0.25) is 5.02 Å². The van der Waals surface area contributed by atoms with Gasteiger partial charge in [0.1, 0.15) is 0 Å². The number of pyridine rings is 1. The minimum absolute atomic E-state index is 0.0481. The minimum atomic E-state index is -0.538. The second-order valence-electron chi connectivity index (χ2n) is 9.88. The van der Waals surface area contributed by atoms with Crippen molar-refractivity contribution in [1.82, 2.24) is 29.3 Å². The number of amides is 2. The molecule has 192 valence electrons. The SMILES string of the molecule is N#CCC1(n2cc(-c3cccc4nc(NC(=O)C5CC5)nn34)cn2)CCN(C(=O)c2ccccc2Cl)CC1. The first-order valence-electron chi connectivity index (χ1n) is 12.6. The van der Waals surface area contributed by atoms with Gasteiger partial charge in [-0.1, -0.05) is 29.8 Å². The molecule has 38 heavy (non-hydrogen) atoms. The first-order chi connectivity index (χ1) is 18.5. The highest BCUT2D eigenvalue weighted by molar-refractivity contribution is 6.33. The van der Waals surface area contributed by atoms with Crippen molar-refractivity contribution in [3.8, 4) is 17.3 Å². The number of rotatable bonds is 6. The number of hydrogen-bond acceptors (Lipinski definition) is 6. The molecule has 4 heterocycles. The molecule has 3 aromatic heterocycles. The van der Waals surface area contributed by atoms with Gasteiger partial charge >= 0.3 is 0 Å². The number of nitriles is 1. The van der Waals surface area contributed by atoms with E-state index in [-0.39, 0.29) is 30.1 Å². The van der Waals surface area contributed by atoms with Crippen molar-refractivity contribution in [1.29, 1.82) is 5.26 Å². The molecule has 10 nitrogen and oxygen atoms in total. The molecule has 2 amide bonds. The van der Waals surface area contributed by atoms with Crippen LogP contribution in [0.3, 0.4) is 0 Å².